The van der Waals surface area contributed by atoms with E-state index in [1.165, 1.54) is 25.7 Å². The average molecular weight is 220 g/mol. The summed E-state index contributed by atoms with van der Waals surface area (Å²) in [6.07, 6.45) is 11.3. The smallest absolute Gasteiger partial charge is 0.122 e. The standard InChI is InChI=1S/C15H24O/c1-5-7-13(4)15(6-2)16-14-10-8-12(3)9-11-14/h5-7,12,14H,2,8-11H2,1,3-4H3/b7-5-,15-13-/t12-,14-. The third-order valence-electron chi connectivity index (χ3n) is 3.25. The maximum Gasteiger partial charge on any atom is 0.122 e. The minimum Gasteiger partial charge on any atom is -0.490 e. The van der Waals surface area contributed by atoms with Crippen molar-refractivity contribution in [1.82, 2.24) is 0 Å². The Hall–Kier alpha value is -0.980. The molecule has 0 N–H and O–H groups in total. The van der Waals surface area contributed by atoms with E-state index in [2.05, 4.69) is 26.5 Å². The second-order valence-corrected chi connectivity index (χ2v) is 4.75. The molecule has 0 saturated heterocycles. The minimum absolute atomic E-state index is 0.393. The van der Waals surface area contributed by atoms with Crippen LogP contribution in [0.2, 0.25) is 0 Å². The van der Waals surface area contributed by atoms with E-state index in [4.69, 9.17) is 4.74 Å². The highest BCUT2D eigenvalue weighted by molar-refractivity contribution is 5.26. The summed E-state index contributed by atoms with van der Waals surface area (Å²) in [6.45, 7) is 10.2. The van der Waals surface area contributed by atoms with Crippen LogP contribution in [0, 0.1) is 5.92 Å². The maximum atomic E-state index is 6.01. The van der Waals surface area contributed by atoms with Gasteiger partial charge >= 0.3 is 0 Å². The minimum atomic E-state index is 0.393. The van der Waals surface area contributed by atoms with Gasteiger partial charge in [0.05, 0.1) is 6.10 Å². The van der Waals surface area contributed by atoms with Gasteiger partial charge in [-0.05, 0) is 57.1 Å². The molecule has 0 aromatic heterocycles. The molecule has 1 heteroatoms. The van der Waals surface area contributed by atoms with Gasteiger partial charge in [-0.25, -0.2) is 0 Å². The zero-order chi connectivity index (χ0) is 12.0. The van der Waals surface area contributed by atoms with Crippen LogP contribution in [0.5, 0.6) is 0 Å². The van der Waals surface area contributed by atoms with Gasteiger partial charge in [-0.1, -0.05) is 25.7 Å². The molecule has 1 nitrogen and oxygen atoms in total. The topological polar surface area (TPSA) is 9.23 Å². The summed E-state index contributed by atoms with van der Waals surface area (Å²) >= 11 is 0. The predicted molar refractivity (Wildman–Crippen MR) is 70.2 cm³/mol. The molecule has 0 aromatic rings. The van der Waals surface area contributed by atoms with Crippen molar-refractivity contribution in [2.45, 2.75) is 52.6 Å². The fourth-order valence-corrected chi connectivity index (χ4v) is 2.16. The molecule has 0 heterocycles. The van der Waals surface area contributed by atoms with Crippen LogP contribution in [-0.4, -0.2) is 6.10 Å². The van der Waals surface area contributed by atoms with Crippen LogP contribution >= 0.6 is 0 Å². The highest BCUT2D eigenvalue weighted by Crippen LogP contribution is 2.27. The van der Waals surface area contributed by atoms with E-state index in [0.29, 0.717) is 6.10 Å². The van der Waals surface area contributed by atoms with Crippen LogP contribution in [0.15, 0.2) is 36.1 Å². The second kappa shape index (κ2) is 6.57. The molecule has 0 atom stereocenters. The Morgan fingerprint density at radius 1 is 1.25 bits per heavy atom. The summed E-state index contributed by atoms with van der Waals surface area (Å²) in [7, 11) is 0. The van der Waals surface area contributed by atoms with Crippen molar-refractivity contribution in [3.63, 3.8) is 0 Å². The Kier molecular flexibility index (Phi) is 5.37. The largest absolute Gasteiger partial charge is 0.490 e. The molecule has 16 heavy (non-hydrogen) atoms. The summed E-state index contributed by atoms with van der Waals surface area (Å²) in [6, 6.07) is 0. The fourth-order valence-electron chi connectivity index (χ4n) is 2.16. The summed E-state index contributed by atoms with van der Waals surface area (Å²) in [5, 5.41) is 0. The third kappa shape index (κ3) is 3.88. The van der Waals surface area contributed by atoms with Crippen LogP contribution in [0.25, 0.3) is 0 Å². The molecule has 1 aliphatic rings. The first-order valence-electron chi connectivity index (χ1n) is 6.30. The van der Waals surface area contributed by atoms with E-state index in [1.807, 2.05) is 19.1 Å². The van der Waals surface area contributed by atoms with Gasteiger partial charge in [0.15, 0.2) is 0 Å². The first-order chi connectivity index (χ1) is 7.67. The molecule has 1 rings (SSSR count). The van der Waals surface area contributed by atoms with Crippen LogP contribution in [0.3, 0.4) is 0 Å². The summed E-state index contributed by atoms with van der Waals surface area (Å²) in [5.74, 6) is 1.81. The lowest BCUT2D eigenvalue weighted by atomic mass is 9.89. The van der Waals surface area contributed by atoms with Crippen molar-refractivity contribution < 1.29 is 4.74 Å². The number of allylic oxidation sites excluding steroid dienone is 4. The molecular weight excluding hydrogens is 196 g/mol. The van der Waals surface area contributed by atoms with Gasteiger partial charge in [-0.3, -0.25) is 0 Å². The molecule has 0 amide bonds. The Bertz CT molecular complexity index is 278. The lowest BCUT2D eigenvalue weighted by molar-refractivity contribution is 0.0758. The normalized spacial score (nSPS) is 27.7. The van der Waals surface area contributed by atoms with Crippen molar-refractivity contribution in [1.29, 1.82) is 0 Å². The Labute approximate surface area is 99.9 Å². The van der Waals surface area contributed by atoms with Gasteiger partial charge in [-0.2, -0.15) is 0 Å². The van der Waals surface area contributed by atoms with E-state index < -0.39 is 0 Å². The zero-order valence-electron chi connectivity index (χ0n) is 10.8. The fraction of sp³-hybridized carbons (Fsp3) is 0.600. The van der Waals surface area contributed by atoms with E-state index in [-0.39, 0.29) is 0 Å². The Balaban J connectivity index is 2.57. The number of rotatable bonds is 4. The highest BCUT2D eigenvalue weighted by atomic mass is 16.5. The van der Waals surface area contributed by atoms with Crippen LogP contribution in [-0.2, 0) is 4.74 Å². The van der Waals surface area contributed by atoms with Crippen molar-refractivity contribution in [3.05, 3.63) is 36.1 Å². The van der Waals surface area contributed by atoms with Gasteiger partial charge in [-0.15, -0.1) is 0 Å². The quantitative estimate of drug-likeness (QED) is 0.496. The van der Waals surface area contributed by atoms with Crippen LogP contribution in [0.4, 0.5) is 0 Å². The monoisotopic (exact) mass is 220 g/mol. The number of hydrogen-bond acceptors (Lipinski definition) is 1. The molecule has 0 aliphatic heterocycles. The number of ether oxygens (including phenoxy) is 1. The van der Waals surface area contributed by atoms with Gasteiger partial charge in [0.2, 0.25) is 0 Å². The van der Waals surface area contributed by atoms with Gasteiger partial charge < -0.3 is 4.74 Å². The number of hydrogen-bond donors (Lipinski definition) is 0. The first-order valence-corrected chi connectivity index (χ1v) is 6.30. The van der Waals surface area contributed by atoms with E-state index in [1.54, 1.807) is 0 Å². The summed E-state index contributed by atoms with van der Waals surface area (Å²) < 4.78 is 6.01. The van der Waals surface area contributed by atoms with Gasteiger partial charge in [0.1, 0.15) is 5.76 Å². The van der Waals surface area contributed by atoms with Crippen molar-refractivity contribution in [3.8, 4) is 0 Å². The molecular formula is C15H24O. The zero-order valence-corrected chi connectivity index (χ0v) is 10.8. The lowest BCUT2D eigenvalue weighted by Crippen LogP contribution is -2.20. The van der Waals surface area contributed by atoms with Gasteiger partial charge in [0.25, 0.3) is 0 Å². The van der Waals surface area contributed by atoms with E-state index in [9.17, 15) is 0 Å². The highest BCUT2D eigenvalue weighted by Gasteiger charge is 2.19. The molecule has 0 unspecified atom stereocenters. The molecule has 0 bridgehead atoms. The predicted octanol–water partition coefficient (Wildman–Crippen LogP) is 4.62. The molecule has 90 valence electrons. The maximum absolute atomic E-state index is 6.01. The van der Waals surface area contributed by atoms with Crippen molar-refractivity contribution in [2.75, 3.05) is 0 Å². The Morgan fingerprint density at radius 2 is 1.88 bits per heavy atom. The summed E-state index contributed by atoms with van der Waals surface area (Å²) in [4.78, 5) is 0. The van der Waals surface area contributed by atoms with Crippen LogP contribution in [0.1, 0.15) is 46.5 Å². The second-order valence-electron chi connectivity index (χ2n) is 4.75. The van der Waals surface area contributed by atoms with Gasteiger partial charge in [0, 0.05) is 0 Å². The lowest BCUT2D eigenvalue weighted by Gasteiger charge is -2.27. The molecule has 0 radical (unpaired) electrons. The van der Waals surface area contributed by atoms with E-state index in [0.717, 1.165) is 17.3 Å². The first kappa shape index (κ1) is 13.1. The van der Waals surface area contributed by atoms with E-state index >= 15 is 0 Å². The average Bonchev–Trinajstić information content (AvgIpc) is 2.28. The molecule has 1 aliphatic carbocycles. The third-order valence-corrected chi connectivity index (χ3v) is 3.25. The SMILES string of the molecule is C=C/C(O[C@H]1CC[C@H](C)CC1)=C(C)/C=C\C. The Morgan fingerprint density at radius 3 is 2.38 bits per heavy atom. The summed E-state index contributed by atoms with van der Waals surface area (Å²) in [5.41, 5.74) is 1.16. The molecule has 0 spiro atoms. The molecule has 0 aromatic carbocycles. The molecule has 1 saturated carbocycles. The van der Waals surface area contributed by atoms with Crippen LogP contribution < -0.4 is 0 Å². The van der Waals surface area contributed by atoms with Crippen molar-refractivity contribution >= 4 is 0 Å². The molecule has 1 fully saturated rings. The van der Waals surface area contributed by atoms with Crippen molar-refractivity contribution in [2.24, 2.45) is 5.92 Å².